The Morgan fingerprint density at radius 1 is 1.22 bits per heavy atom. The summed E-state index contributed by atoms with van der Waals surface area (Å²) in [4.78, 5) is 20.2. The predicted molar refractivity (Wildman–Crippen MR) is 70.7 cm³/mol. The van der Waals surface area contributed by atoms with Gasteiger partial charge in [-0.3, -0.25) is 9.78 Å². The molecule has 0 radical (unpaired) electrons. The van der Waals surface area contributed by atoms with Crippen molar-refractivity contribution in [1.82, 2.24) is 9.97 Å². The van der Waals surface area contributed by atoms with Crippen molar-refractivity contribution in [2.45, 2.75) is 6.92 Å². The molecule has 2 aromatic rings. The number of anilines is 2. The molecule has 0 atom stereocenters. The number of rotatable bonds is 3. The van der Waals surface area contributed by atoms with Crippen LogP contribution in [0, 0.1) is 6.92 Å². The van der Waals surface area contributed by atoms with Crippen LogP contribution in [0.1, 0.15) is 16.1 Å². The Bertz CT molecular complexity index is 551. The van der Waals surface area contributed by atoms with Gasteiger partial charge in [-0.1, -0.05) is 0 Å². The Morgan fingerprint density at radius 3 is 2.67 bits per heavy atom. The van der Waals surface area contributed by atoms with Crippen molar-refractivity contribution in [1.29, 1.82) is 0 Å². The highest BCUT2D eigenvalue weighted by Crippen LogP contribution is 2.12. The van der Waals surface area contributed by atoms with E-state index < -0.39 is 0 Å². The molecule has 0 aliphatic rings. The minimum absolute atomic E-state index is 0.193. The summed E-state index contributed by atoms with van der Waals surface area (Å²) in [5.41, 5.74) is 2.00. The van der Waals surface area contributed by atoms with Gasteiger partial charge < -0.3 is 10.6 Å². The first kappa shape index (κ1) is 12.0. The van der Waals surface area contributed by atoms with E-state index >= 15 is 0 Å². The van der Waals surface area contributed by atoms with Crippen molar-refractivity contribution in [3.63, 3.8) is 0 Å². The Hall–Kier alpha value is -2.43. The lowest BCUT2D eigenvalue weighted by molar-refractivity contribution is 0.102. The maximum Gasteiger partial charge on any atom is 0.257 e. The number of hydrogen-bond donors (Lipinski definition) is 2. The summed E-state index contributed by atoms with van der Waals surface area (Å²) in [6.07, 6.45) is 3.22. The van der Waals surface area contributed by atoms with Gasteiger partial charge in [-0.2, -0.15) is 0 Å². The molecule has 1 amide bonds. The van der Waals surface area contributed by atoms with Crippen LogP contribution < -0.4 is 10.6 Å². The molecule has 5 heteroatoms. The molecule has 18 heavy (non-hydrogen) atoms. The second-order valence-corrected chi connectivity index (χ2v) is 3.77. The number of aromatic nitrogens is 2. The van der Waals surface area contributed by atoms with Crippen LogP contribution in [0.25, 0.3) is 0 Å². The SMILES string of the molecule is CNc1ccc(C(=O)Nc2cccnc2C)cn1. The molecule has 0 saturated heterocycles. The van der Waals surface area contributed by atoms with Crippen LogP contribution in [0.2, 0.25) is 0 Å². The molecule has 0 aliphatic carbocycles. The number of amides is 1. The molecule has 0 fully saturated rings. The molecule has 0 aromatic carbocycles. The third kappa shape index (κ3) is 2.63. The minimum atomic E-state index is -0.193. The standard InChI is InChI=1S/C13H14N4O/c1-9-11(4-3-7-15-9)17-13(18)10-5-6-12(14-2)16-8-10/h3-8H,1-2H3,(H,14,16)(H,17,18). The molecule has 2 rings (SSSR count). The number of hydrogen-bond acceptors (Lipinski definition) is 4. The van der Waals surface area contributed by atoms with Crippen LogP contribution in [0.5, 0.6) is 0 Å². The van der Waals surface area contributed by atoms with Crippen molar-refractivity contribution in [2.24, 2.45) is 0 Å². The van der Waals surface area contributed by atoms with Crippen LogP contribution in [-0.2, 0) is 0 Å². The largest absolute Gasteiger partial charge is 0.373 e. The van der Waals surface area contributed by atoms with Gasteiger partial charge in [-0.15, -0.1) is 0 Å². The summed E-state index contributed by atoms with van der Waals surface area (Å²) < 4.78 is 0. The van der Waals surface area contributed by atoms with Gasteiger partial charge in [0.15, 0.2) is 0 Å². The molecule has 0 saturated carbocycles. The lowest BCUT2D eigenvalue weighted by Crippen LogP contribution is -2.13. The topological polar surface area (TPSA) is 66.9 Å². The molecule has 5 nitrogen and oxygen atoms in total. The van der Waals surface area contributed by atoms with Gasteiger partial charge in [0.05, 0.1) is 16.9 Å². The molecule has 2 aromatic heterocycles. The first-order chi connectivity index (χ1) is 8.70. The number of nitrogens with zero attached hydrogens (tertiary/aromatic N) is 2. The van der Waals surface area contributed by atoms with E-state index in [-0.39, 0.29) is 5.91 Å². The normalized spacial score (nSPS) is 9.89. The molecular formula is C13H14N4O. The monoisotopic (exact) mass is 242 g/mol. The molecule has 2 heterocycles. The van der Waals surface area contributed by atoms with Gasteiger partial charge in [-0.05, 0) is 31.2 Å². The Balaban J connectivity index is 2.14. The molecule has 2 N–H and O–H groups in total. The van der Waals surface area contributed by atoms with Gasteiger partial charge in [0.25, 0.3) is 5.91 Å². The molecule has 0 aliphatic heterocycles. The third-order valence-electron chi connectivity index (χ3n) is 2.54. The van der Waals surface area contributed by atoms with Crippen molar-refractivity contribution in [3.8, 4) is 0 Å². The Morgan fingerprint density at radius 2 is 2.06 bits per heavy atom. The average molecular weight is 242 g/mol. The smallest absolute Gasteiger partial charge is 0.257 e. The number of carbonyl (C=O) groups is 1. The summed E-state index contributed by atoms with van der Waals surface area (Å²) in [6.45, 7) is 1.85. The van der Waals surface area contributed by atoms with Gasteiger partial charge >= 0.3 is 0 Å². The van der Waals surface area contributed by atoms with Crippen molar-refractivity contribution < 1.29 is 4.79 Å². The summed E-state index contributed by atoms with van der Waals surface area (Å²) in [5, 5.41) is 5.70. The van der Waals surface area contributed by atoms with E-state index in [0.29, 0.717) is 11.3 Å². The fraction of sp³-hybridized carbons (Fsp3) is 0.154. The van der Waals surface area contributed by atoms with Crippen molar-refractivity contribution in [3.05, 3.63) is 47.9 Å². The highest BCUT2D eigenvalue weighted by atomic mass is 16.1. The van der Waals surface area contributed by atoms with E-state index in [1.54, 1.807) is 31.4 Å². The summed E-state index contributed by atoms with van der Waals surface area (Å²) in [6, 6.07) is 7.07. The average Bonchev–Trinajstić information content (AvgIpc) is 2.41. The van der Waals surface area contributed by atoms with E-state index in [1.807, 2.05) is 13.0 Å². The number of nitrogens with one attached hydrogen (secondary N) is 2. The third-order valence-corrected chi connectivity index (χ3v) is 2.54. The van der Waals surface area contributed by atoms with E-state index in [9.17, 15) is 4.79 Å². The van der Waals surface area contributed by atoms with Crippen molar-refractivity contribution >= 4 is 17.4 Å². The maximum atomic E-state index is 12.0. The zero-order chi connectivity index (χ0) is 13.0. The van der Waals surface area contributed by atoms with Crippen LogP contribution in [-0.4, -0.2) is 22.9 Å². The van der Waals surface area contributed by atoms with Crippen LogP contribution in [0.15, 0.2) is 36.7 Å². The summed E-state index contributed by atoms with van der Waals surface area (Å²) in [7, 11) is 1.78. The number of carbonyl (C=O) groups excluding carboxylic acids is 1. The highest BCUT2D eigenvalue weighted by molar-refractivity contribution is 6.04. The quantitative estimate of drug-likeness (QED) is 0.864. The molecule has 0 bridgehead atoms. The Kier molecular flexibility index (Phi) is 3.52. The summed E-state index contributed by atoms with van der Waals surface area (Å²) >= 11 is 0. The zero-order valence-corrected chi connectivity index (χ0v) is 10.3. The van der Waals surface area contributed by atoms with Crippen LogP contribution >= 0.6 is 0 Å². The van der Waals surface area contributed by atoms with E-state index in [1.165, 1.54) is 6.20 Å². The van der Waals surface area contributed by atoms with Gasteiger partial charge in [0, 0.05) is 19.4 Å². The summed E-state index contributed by atoms with van der Waals surface area (Å²) in [5.74, 6) is 0.533. The van der Waals surface area contributed by atoms with Crippen molar-refractivity contribution in [2.75, 3.05) is 17.7 Å². The van der Waals surface area contributed by atoms with Gasteiger partial charge in [0.2, 0.25) is 0 Å². The first-order valence-electron chi connectivity index (χ1n) is 5.57. The molecule has 0 unspecified atom stereocenters. The van der Waals surface area contributed by atoms with E-state index in [4.69, 9.17) is 0 Å². The second-order valence-electron chi connectivity index (χ2n) is 3.77. The van der Waals surface area contributed by atoms with Gasteiger partial charge in [0.1, 0.15) is 5.82 Å². The first-order valence-corrected chi connectivity index (χ1v) is 5.57. The minimum Gasteiger partial charge on any atom is -0.373 e. The van der Waals surface area contributed by atoms with Crippen LogP contribution in [0.4, 0.5) is 11.5 Å². The van der Waals surface area contributed by atoms with Gasteiger partial charge in [-0.25, -0.2) is 4.98 Å². The fourth-order valence-corrected chi connectivity index (χ4v) is 1.49. The lowest BCUT2D eigenvalue weighted by Gasteiger charge is -2.07. The van der Waals surface area contributed by atoms with E-state index in [0.717, 1.165) is 11.5 Å². The second kappa shape index (κ2) is 5.27. The predicted octanol–water partition coefficient (Wildman–Crippen LogP) is 2.08. The molecule has 0 spiro atoms. The highest BCUT2D eigenvalue weighted by Gasteiger charge is 2.08. The molecule has 92 valence electrons. The maximum absolute atomic E-state index is 12.0. The zero-order valence-electron chi connectivity index (χ0n) is 10.3. The number of aryl methyl sites for hydroxylation is 1. The Labute approximate surface area is 105 Å². The fourth-order valence-electron chi connectivity index (χ4n) is 1.49. The lowest BCUT2D eigenvalue weighted by atomic mass is 10.2. The van der Waals surface area contributed by atoms with E-state index in [2.05, 4.69) is 20.6 Å². The number of pyridine rings is 2. The van der Waals surface area contributed by atoms with Crippen LogP contribution in [0.3, 0.4) is 0 Å². The molecular weight excluding hydrogens is 228 g/mol.